The summed E-state index contributed by atoms with van der Waals surface area (Å²) in [6.45, 7) is 0. The van der Waals surface area contributed by atoms with Crippen LogP contribution in [-0.2, 0) is 7.05 Å². The average molecular weight is 478 g/mol. The highest BCUT2D eigenvalue weighted by Gasteiger charge is 2.22. The second-order valence-corrected chi connectivity index (χ2v) is 8.50. The van der Waals surface area contributed by atoms with Crippen LogP contribution in [0, 0.1) is 11.3 Å². The summed E-state index contributed by atoms with van der Waals surface area (Å²) >= 11 is 1.22. The van der Waals surface area contributed by atoms with Gasteiger partial charge >= 0.3 is 0 Å². The van der Waals surface area contributed by atoms with Gasteiger partial charge in [0, 0.05) is 24.5 Å². The van der Waals surface area contributed by atoms with Gasteiger partial charge < -0.3 is 9.88 Å². The van der Waals surface area contributed by atoms with Crippen LogP contribution >= 0.6 is 11.8 Å². The number of thioether (sulfide) groups is 1. The lowest BCUT2D eigenvalue weighted by molar-refractivity contribution is 0.103. The van der Waals surface area contributed by atoms with E-state index in [0.717, 1.165) is 16.9 Å². The van der Waals surface area contributed by atoms with Gasteiger partial charge in [0.25, 0.3) is 0 Å². The number of allylic oxidation sites excluding steroid dienone is 1. The number of rotatable bonds is 8. The Hall–Kier alpha value is -4.54. The number of para-hydroxylation sites is 2. The maximum absolute atomic E-state index is 13.4. The van der Waals surface area contributed by atoms with Crippen LogP contribution in [0.25, 0.3) is 0 Å². The van der Waals surface area contributed by atoms with Gasteiger partial charge in [-0.1, -0.05) is 66.7 Å². The first-order valence-electron chi connectivity index (χ1n) is 10.9. The van der Waals surface area contributed by atoms with E-state index in [2.05, 4.69) is 21.9 Å². The molecule has 0 saturated heterocycles. The van der Waals surface area contributed by atoms with Gasteiger partial charge in [0.2, 0.25) is 5.78 Å². The lowest BCUT2D eigenvalue weighted by Gasteiger charge is -2.15. The van der Waals surface area contributed by atoms with E-state index in [1.165, 1.54) is 11.8 Å². The first kappa shape index (κ1) is 23.6. The molecule has 35 heavy (non-hydrogen) atoms. The molecule has 0 saturated carbocycles. The van der Waals surface area contributed by atoms with Crippen LogP contribution in [0.2, 0.25) is 0 Å². The summed E-state index contributed by atoms with van der Waals surface area (Å²) in [5.41, 5.74) is 5.93. The molecule has 1 aromatic heterocycles. The Bertz CT molecular complexity index is 1390. The molecule has 0 unspecified atom stereocenters. The van der Waals surface area contributed by atoms with Crippen molar-refractivity contribution in [3.05, 3.63) is 131 Å². The molecule has 172 valence electrons. The van der Waals surface area contributed by atoms with Crippen molar-refractivity contribution in [2.24, 2.45) is 12.1 Å². The number of anilines is 2. The van der Waals surface area contributed by atoms with Crippen LogP contribution in [0.3, 0.4) is 0 Å². The molecule has 4 aromatic rings. The number of nitriles is 1. The number of nitrogens with zero attached hydrogens (tertiary/aromatic N) is 3. The van der Waals surface area contributed by atoms with Gasteiger partial charge in [0.05, 0.1) is 11.4 Å². The molecule has 1 heterocycles. The number of carbonyl (C=O) groups is 1. The zero-order chi connectivity index (χ0) is 24.5. The summed E-state index contributed by atoms with van der Waals surface area (Å²) in [5, 5.41) is 19.0. The lowest BCUT2D eigenvalue weighted by atomic mass is 10.1. The van der Waals surface area contributed by atoms with Crippen molar-refractivity contribution in [3.63, 3.8) is 0 Å². The van der Waals surface area contributed by atoms with E-state index in [1.807, 2.05) is 91.0 Å². The third-order valence-corrected chi connectivity index (χ3v) is 6.08. The van der Waals surface area contributed by atoms with Crippen LogP contribution < -0.4 is 10.7 Å². The number of carbonyl (C=O) groups excluding carboxylic acids is 1. The highest BCUT2D eigenvalue weighted by Crippen LogP contribution is 2.29. The van der Waals surface area contributed by atoms with E-state index in [1.54, 1.807) is 29.9 Å². The molecule has 0 fully saturated rings. The minimum Gasteiger partial charge on any atom is -0.349 e. The SMILES string of the molecule is Cn1cccc1C(=O)/C(C#N)=C(/Nc1ccccc1)S/C(=N/Nc1ccccc1)c1ccccc1. The predicted molar refractivity (Wildman–Crippen MR) is 143 cm³/mol. The monoisotopic (exact) mass is 477 g/mol. The first-order chi connectivity index (χ1) is 17.2. The van der Waals surface area contributed by atoms with Crippen molar-refractivity contribution in [3.8, 4) is 6.07 Å². The van der Waals surface area contributed by atoms with Crippen molar-refractivity contribution in [1.82, 2.24) is 4.57 Å². The minimum atomic E-state index is -0.366. The molecule has 0 aliphatic heterocycles. The molecule has 2 N–H and O–H groups in total. The Morgan fingerprint density at radius 3 is 2.03 bits per heavy atom. The lowest BCUT2D eigenvalue weighted by Crippen LogP contribution is -2.14. The number of aromatic nitrogens is 1. The zero-order valence-corrected chi connectivity index (χ0v) is 19.9. The van der Waals surface area contributed by atoms with Crippen LogP contribution in [0.4, 0.5) is 11.4 Å². The summed E-state index contributed by atoms with van der Waals surface area (Å²) in [6.07, 6.45) is 1.78. The number of benzene rings is 3. The quantitative estimate of drug-likeness (QED) is 0.0781. The summed E-state index contributed by atoms with van der Waals surface area (Å²) < 4.78 is 1.70. The Kier molecular flexibility index (Phi) is 7.79. The van der Waals surface area contributed by atoms with E-state index in [4.69, 9.17) is 0 Å². The first-order valence-corrected chi connectivity index (χ1v) is 11.7. The molecule has 0 aliphatic carbocycles. The molecule has 0 spiro atoms. The largest absolute Gasteiger partial charge is 0.349 e. The van der Waals surface area contributed by atoms with Gasteiger partial charge in [-0.3, -0.25) is 10.2 Å². The van der Waals surface area contributed by atoms with Gasteiger partial charge in [-0.25, -0.2) is 0 Å². The minimum absolute atomic E-state index is 0.00370. The van der Waals surface area contributed by atoms with E-state index in [9.17, 15) is 10.1 Å². The van der Waals surface area contributed by atoms with E-state index in [-0.39, 0.29) is 11.4 Å². The molecular formula is C28H23N5OS. The molecule has 0 amide bonds. The van der Waals surface area contributed by atoms with E-state index >= 15 is 0 Å². The van der Waals surface area contributed by atoms with Crippen molar-refractivity contribution < 1.29 is 4.79 Å². The Morgan fingerprint density at radius 2 is 1.46 bits per heavy atom. The van der Waals surface area contributed by atoms with Crippen molar-refractivity contribution >= 4 is 34.0 Å². The number of nitrogens with one attached hydrogen (secondary N) is 2. The fourth-order valence-corrected chi connectivity index (χ4v) is 4.22. The number of hydrogen-bond donors (Lipinski definition) is 2. The normalized spacial score (nSPS) is 11.8. The topological polar surface area (TPSA) is 82.2 Å². The number of hydrazone groups is 1. The van der Waals surface area contributed by atoms with Crippen LogP contribution in [0.15, 0.2) is 125 Å². The van der Waals surface area contributed by atoms with Crippen molar-refractivity contribution in [1.29, 1.82) is 5.26 Å². The zero-order valence-electron chi connectivity index (χ0n) is 19.1. The smallest absolute Gasteiger partial charge is 0.222 e. The second kappa shape index (κ2) is 11.5. The third-order valence-electron chi connectivity index (χ3n) is 5.05. The van der Waals surface area contributed by atoms with Gasteiger partial charge in [-0.15, -0.1) is 0 Å². The summed E-state index contributed by atoms with van der Waals surface area (Å²) in [6, 6.07) is 34.3. The van der Waals surface area contributed by atoms with E-state index < -0.39 is 0 Å². The molecule has 3 aromatic carbocycles. The predicted octanol–water partition coefficient (Wildman–Crippen LogP) is 6.26. The highest BCUT2D eigenvalue weighted by atomic mass is 32.2. The second-order valence-electron chi connectivity index (χ2n) is 7.50. The van der Waals surface area contributed by atoms with Crippen LogP contribution in [0.5, 0.6) is 0 Å². The number of Topliss-reactive ketones (excluding diaryl/α,β-unsaturated/α-hetero) is 1. The van der Waals surface area contributed by atoms with Crippen LogP contribution in [0.1, 0.15) is 16.1 Å². The summed E-state index contributed by atoms with van der Waals surface area (Å²) in [5.74, 6) is -0.366. The molecule has 0 bridgehead atoms. The van der Waals surface area contributed by atoms with Crippen molar-refractivity contribution in [2.75, 3.05) is 10.7 Å². The summed E-state index contributed by atoms with van der Waals surface area (Å²) in [4.78, 5) is 13.4. The van der Waals surface area contributed by atoms with Gasteiger partial charge in [0.1, 0.15) is 21.7 Å². The van der Waals surface area contributed by atoms with Crippen molar-refractivity contribution in [2.45, 2.75) is 0 Å². The maximum atomic E-state index is 13.4. The molecule has 7 heteroatoms. The molecule has 0 radical (unpaired) electrons. The van der Waals surface area contributed by atoms with E-state index in [0.29, 0.717) is 15.8 Å². The average Bonchev–Trinajstić information content (AvgIpc) is 3.34. The van der Waals surface area contributed by atoms with Gasteiger partial charge in [-0.05, 0) is 48.2 Å². The Balaban J connectivity index is 1.78. The fourth-order valence-electron chi connectivity index (χ4n) is 3.27. The Morgan fingerprint density at radius 1 is 0.857 bits per heavy atom. The van der Waals surface area contributed by atoms with Gasteiger partial charge in [0.15, 0.2) is 0 Å². The van der Waals surface area contributed by atoms with Crippen LogP contribution in [-0.4, -0.2) is 15.4 Å². The fraction of sp³-hybridized carbons (Fsp3) is 0.0357. The standard InChI is InChI=1S/C28H23N5OS/c1-33-19-11-18-25(33)26(34)24(20-29)28(30-22-14-7-3-8-15-22)35-27(21-12-5-2-6-13-21)32-31-23-16-9-4-10-17-23/h2-19,30-31H,1H3/b28-24-,32-27+. The molecule has 0 aliphatic rings. The number of ketones is 1. The molecule has 4 rings (SSSR count). The van der Waals surface area contributed by atoms with Gasteiger partial charge in [-0.2, -0.15) is 10.4 Å². The molecular weight excluding hydrogens is 454 g/mol. The number of aryl methyl sites for hydroxylation is 1. The summed E-state index contributed by atoms with van der Waals surface area (Å²) in [7, 11) is 1.78. The maximum Gasteiger partial charge on any atom is 0.222 e. The Labute approximate surface area is 208 Å². The third kappa shape index (κ3) is 6.08. The highest BCUT2D eigenvalue weighted by molar-refractivity contribution is 8.17. The molecule has 0 atom stereocenters. The number of hydrogen-bond acceptors (Lipinski definition) is 6. The molecule has 6 nitrogen and oxygen atoms in total.